The van der Waals surface area contributed by atoms with E-state index in [1.165, 1.54) is 0 Å². The van der Waals surface area contributed by atoms with Gasteiger partial charge in [0.2, 0.25) is 5.91 Å². The molecule has 1 amide bonds. The average molecular weight is 279 g/mol. The van der Waals surface area contributed by atoms with Crippen molar-refractivity contribution in [3.63, 3.8) is 0 Å². The molecule has 1 saturated heterocycles. The molecule has 1 aromatic heterocycles. The molecular weight excluding hydrogens is 254 g/mol. The van der Waals surface area contributed by atoms with E-state index in [2.05, 4.69) is 10.2 Å². The van der Waals surface area contributed by atoms with Crippen LogP contribution in [0.1, 0.15) is 51.3 Å². The third-order valence-electron chi connectivity index (χ3n) is 4.51. The molecule has 2 N–H and O–H groups in total. The maximum Gasteiger partial charge on any atom is 0.242 e. The van der Waals surface area contributed by atoms with Crippen molar-refractivity contribution in [2.75, 3.05) is 13.1 Å². The molecule has 0 bridgehead atoms. The Balaban J connectivity index is 2.11. The number of aromatic nitrogens is 3. The second-order valence-electron chi connectivity index (χ2n) is 5.75. The lowest BCUT2D eigenvalue weighted by Gasteiger charge is -2.38. The van der Waals surface area contributed by atoms with Crippen LogP contribution in [0.3, 0.4) is 0 Å². The normalized spacial score (nSPS) is 20.2. The van der Waals surface area contributed by atoms with Crippen molar-refractivity contribution in [1.82, 2.24) is 19.7 Å². The summed E-state index contributed by atoms with van der Waals surface area (Å²) in [6.45, 7) is 5.45. The topological polar surface area (TPSA) is 77.0 Å². The highest BCUT2D eigenvalue weighted by Crippen LogP contribution is 2.27. The first-order valence-electron chi connectivity index (χ1n) is 7.44. The van der Waals surface area contributed by atoms with Gasteiger partial charge in [-0.3, -0.25) is 4.79 Å². The smallest absolute Gasteiger partial charge is 0.242 e. The fourth-order valence-electron chi connectivity index (χ4n) is 2.90. The summed E-state index contributed by atoms with van der Waals surface area (Å²) in [6.07, 6.45) is 5.10. The number of carbonyl (C=O) groups is 1. The molecule has 0 spiro atoms. The van der Waals surface area contributed by atoms with Crippen molar-refractivity contribution in [1.29, 1.82) is 0 Å². The minimum absolute atomic E-state index is 0.0781. The number of piperidine rings is 1. The summed E-state index contributed by atoms with van der Waals surface area (Å²) in [7, 11) is 1.95. The molecule has 0 radical (unpaired) electrons. The molecule has 0 saturated carbocycles. The van der Waals surface area contributed by atoms with E-state index in [1.54, 1.807) is 6.33 Å². The van der Waals surface area contributed by atoms with E-state index in [-0.39, 0.29) is 11.8 Å². The van der Waals surface area contributed by atoms with Gasteiger partial charge in [0.1, 0.15) is 12.2 Å². The third kappa shape index (κ3) is 2.70. The number of amides is 1. The van der Waals surface area contributed by atoms with Gasteiger partial charge in [-0.25, -0.2) is 0 Å². The van der Waals surface area contributed by atoms with Crippen LogP contribution in [0.25, 0.3) is 0 Å². The van der Waals surface area contributed by atoms with Gasteiger partial charge in [0, 0.05) is 26.1 Å². The molecule has 1 fully saturated rings. The number of nitrogens with two attached hydrogens (primary N) is 1. The van der Waals surface area contributed by atoms with E-state index in [0.29, 0.717) is 19.4 Å². The summed E-state index contributed by atoms with van der Waals surface area (Å²) >= 11 is 0. The van der Waals surface area contributed by atoms with E-state index >= 15 is 0 Å². The minimum Gasteiger partial charge on any atom is -0.340 e. The Morgan fingerprint density at radius 1 is 1.50 bits per heavy atom. The molecule has 2 heterocycles. The lowest BCUT2D eigenvalue weighted by atomic mass is 9.89. The molecule has 0 aliphatic carbocycles. The standard InChI is InChI=1S/C14H25N5O/c1-4-14(15,5-2)13(20)19-8-6-7-11(9-19)12-17-16-10-18(12)3/h10-11H,4-9,15H2,1-3H3. The number of nitrogens with zero attached hydrogens (tertiary/aromatic N) is 4. The zero-order valence-corrected chi connectivity index (χ0v) is 12.7. The number of aryl methyl sites for hydroxylation is 1. The second kappa shape index (κ2) is 5.91. The van der Waals surface area contributed by atoms with Crippen LogP contribution >= 0.6 is 0 Å². The maximum absolute atomic E-state index is 12.6. The van der Waals surface area contributed by atoms with Gasteiger partial charge < -0.3 is 15.2 Å². The Bertz CT molecular complexity index is 466. The summed E-state index contributed by atoms with van der Waals surface area (Å²) in [4.78, 5) is 14.6. The van der Waals surface area contributed by atoms with Crippen LogP contribution in [0.15, 0.2) is 6.33 Å². The minimum atomic E-state index is -0.720. The molecule has 112 valence electrons. The fourth-order valence-corrected chi connectivity index (χ4v) is 2.90. The van der Waals surface area contributed by atoms with E-state index in [1.807, 2.05) is 30.4 Å². The van der Waals surface area contributed by atoms with Gasteiger partial charge in [0.25, 0.3) is 0 Å². The van der Waals surface area contributed by atoms with Crippen LogP contribution in [-0.2, 0) is 11.8 Å². The number of rotatable bonds is 4. The van der Waals surface area contributed by atoms with Crippen LogP contribution in [0, 0.1) is 0 Å². The Morgan fingerprint density at radius 3 is 2.75 bits per heavy atom. The zero-order valence-electron chi connectivity index (χ0n) is 12.7. The Kier molecular flexibility index (Phi) is 4.42. The van der Waals surface area contributed by atoms with E-state index in [0.717, 1.165) is 25.2 Å². The molecule has 0 aromatic carbocycles. The van der Waals surface area contributed by atoms with Crippen molar-refractivity contribution in [3.05, 3.63) is 12.2 Å². The molecule has 1 aliphatic heterocycles. The molecule has 1 aliphatic rings. The predicted molar refractivity (Wildman–Crippen MR) is 77.1 cm³/mol. The van der Waals surface area contributed by atoms with Crippen molar-refractivity contribution >= 4 is 5.91 Å². The fraction of sp³-hybridized carbons (Fsp3) is 0.786. The third-order valence-corrected chi connectivity index (χ3v) is 4.51. The first-order valence-corrected chi connectivity index (χ1v) is 7.44. The van der Waals surface area contributed by atoms with Gasteiger partial charge in [-0.2, -0.15) is 0 Å². The van der Waals surface area contributed by atoms with Crippen LogP contribution in [-0.4, -0.2) is 44.2 Å². The summed E-state index contributed by atoms with van der Waals surface area (Å²) in [6, 6.07) is 0. The van der Waals surface area contributed by atoms with Crippen molar-refractivity contribution in [2.45, 2.75) is 51.0 Å². The summed E-state index contributed by atoms with van der Waals surface area (Å²) in [5.41, 5.74) is 5.52. The Morgan fingerprint density at radius 2 is 2.20 bits per heavy atom. The summed E-state index contributed by atoms with van der Waals surface area (Å²) in [5, 5.41) is 8.11. The highest BCUT2D eigenvalue weighted by Gasteiger charge is 2.37. The molecule has 1 atom stereocenters. The monoisotopic (exact) mass is 279 g/mol. The highest BCUT2D eigenvalue weighted by molar-refractivity contribution is 5.86. The second-order valence-corrected chi connectivity index (χ2v) is 5.75. The molecule has 2 rings (SSSR count). The number of likely N-dealkylation sites (tertiary alicyclic amines) is 1. The lowest BCUT2D eigenvalue weighted by molar-refractivity contribution is -0.138. The quantitative estimate of drug-likeness (QED) is 0.893. The lowest BCUT2D eigenvalue weighted by Crippen LogP contribution is -2.56. The average Bonchev–Trinajstić information content (AvgIpc) is 2.92. The van der Waals surface area contributed by atoms with Gasteiger partial charge in [-0.15, -0.1) is 10.2 Å². The number of carbonyl (C=O) groups excluding carboxylic acids is 1. The van der Waals surface area contributed by atoms with Crippen LogP contribution in [0.5, 0.6) is 0 Å². The van der Waals surface area contributed by atoms with Crippen molar-refractivity contribution in [2.24, 2.45) is 12.8 Å². The number of hydrogen-bond acceptors (Lipinski definition) is 4. The number of hydrogen-bond donors (Lipinski definition) is 1. The van der Waals surface area contributed by atoms with Gasteiger partial charge in [-0.1, -0.05) is 13.8 Å². The Labute approximate surface area is 120 Å². The molecule has 1 aromatic rings. The summed E-state index contributed by atoms with van der Waals surface area (Å²) < 4.78 is 1.94. The van der Waals surface area contributed by atoms with Crippen LogP contribution < -0.4 is 5.73 Å². The van der Waals surface area contributed by atoms with Gasteiger partial charge >= 0.3 is 0 Å². The molecule has 6 heteroatoms. The van der Waals surface area contributed by atoms with Gasteiger partial charge in [-0.05, 0) is 25.7 Å². The first kappa shape index (κ1) is 15.0. The molecular formula is C14H25N5O. The Hall–Kier alpha value is -1.43. The predicted octanol–water partition coefficient (Wildman–Crippen LogP) is 1.04. The first-order chi connectivity index (χ1) is 9.51. The molecule has 20 heavy (non-hydrogen) atoms. The summed E-state index contributed by atoms with van der Waals surface area (Å²) in [5.74, 6) is 1.30. The van der Waals surface area contributed by atoms with Gasteiger partial charge in [0.15, 0.2) is 0 Å². The largest absolute Gasteiger partial charge is 0.340 e. The van der Waals surface area contributed by atoms with Crippen molar-refractivity contribution in [3.8, 4) is 0 Å². The highest BCUT2D eigenvalue weighted by atomic mass is 16.2. The molecule has 1 unspecified atom stereocenters. The zero-order chi connectivity index (χ0) is 14.8. The van der Waals surface area contributed by atoms with Gasteiger partial charge in [0.05, 0.1) is 5.54 Å². The van der Waals surface area contributed by atoms with E-state index in [4.69, 9.17) is 5.73 Å². The van der Waals surface area contributed by atoms with Crippen LogP contribution in [0.4, 0.5) is 0 Å². The van der Waals surface area contributed by atoms with E-state index in [9.17, 15) is 4.79 Å². The maximum atomic E-state index is 12.6. The van der Waals surface area contributed by atoms with Crippen LogP contribution in [0.2, 0.25) is 0 Å². The SMILES string of the molecule is CCC(N)(CC)C(=O)N1CCCC(c2nncn2C)C1. The van der Waals surface area contributed by atoms with Crippen molar-refractivity contribution < 1.29 is 4.79 Å². The molecule has 6 nitrogen and oxygen atoms in total. The van der Waals surface area contributed by atoms with E-state index < -0.39 is 5.54 Å².